The number of likely N-dealkylation sites (N-methyl/N-ethyl adjacent to an activating group) is 2. The first-order chi connectivity index (χ1) is 19.2. The summed E-state index contributed by atoms with van der Waals surface area (Å²) in [6, 6.07) is 4.44. The number of aromatic nitrogens is 4. The molecule has 0 bridgehead atoms. The second kappa shape index (κ2) is 12.1. The maximum absolute atomic E-state index is 13.0. The molecule has 17 heteroatoms. The van der Waals surface area contributed by atoms with Gasteiger partial charge in [-0.2, -0.15) is 23.1 Å². The molecule has 1 saturated carbocycles. The normalized spacial score (nSPS) is 13.8. The molecular formula is C24H29ClF3N9O3S. The van der Waals surface area contributed by atoms with Crippen molar-refractivity contribution in [1.82, 2.24) is 24.8 Å². The van der Waals surface area contributed by atoms with Crippen molar-refractivity contribution >= 4 is 56.1 Å². The number of halogens is 4. The van der Waals surface area contributed by atoms with Crippen LogP contribution in [0.3, 0.4) is 0 Å². The SMILES string of the molecule is CN(C)CCN(C)c1nc(OCC(F)(F)F)c(Nc2ncc(Cl)c(Nc3cccnc3S(=O)(=O)C3CC3)n2)cc1N. The van der Waals surface area contributed by atoms with Gasteiger partial charge in [0, 0.05) is 26.3 Å². The number of sulfone groups is 1. The van der Waals surface area contributed by atoms with Crippen molar-refractivity contribution in [3.63, 3.8) is 0 Å². The summed E-state index contributed by atoms with van der Waals surface area (Å²) >= 11 is 6.28. The van der Waals surface area contributed by atoms with E-state index in [1.54, 1.807) is 18.0 Å². The van der Waals surface area contributed by atoms with Gasteiger partial charge in [0.1, 0.15) is 10.7 Å². The minimum absolute atomic E-state index is 0.0249. The standard InChI is InChI=1S/C24H29ClF3N9O3S/c1-36(2)9-10-37(3)20-16(29)11-18(21(35-20)40-13-24(26,27)28)33-23-31-12-15(25)19(34-23)32-17-5-4-8-30-22(17)41(38,39)14-6-7-14/h4-5,8,11-12,14H,6-7,9-10,13,29H2,1-3H3,(H2,31,32,33,34). The number of hydrogen-bond acceptors (Lipinski definition) is 12. The van der Waals surface area contributed by atoms with Gasteiger partial charge in [0.2, 0.25) is 21.7 Å². The second-order valence-corrected chi connectivity index (χ2v) is 12.2. The average molecular weight is 616 g/mol. The zero-order valence-electron chi connectivity index (χ0n) is 22.4. The van der Waals surface area contributed by atoms with Crippen LogP contribution in [0.5, 0.6) is 5.88 Å². The van der Waals surface area contributed by atoms with Gasteiger partial charge in [-0.3, -0.25) is 0 Å². The fourth-order valence-electron chi connectivity index (χ4n) is 3.63. The third-order valence-corrected chi connectivity index (χ3v) is 8.35. The summed E-state index contributed by atoms with van der Waals surface area (Å²) in [5.41, 5.74) is 6.51. The molecule has 0 aromatic carbocycles. The summed E-state index contributed by atoms with van der Waals surface area (Å²) in [7, 11) is 1.82. The van der Waals surface area contributed by atoms with Crippen LogP contribution in [0.25, 0.3) is 0 Å². The molecule has 1 fully saturated rings. The fourth-order valence-corrected chi connectivity index (χ4v) is 5.47. The van der Waals surface area contributed by atoms with E-state index in [2.05, 4.69) is 30.6 Å². The van der Waals surface area contributed by atoms with Gasteiger partial charge in [-0.1, -0.05) is 11.6 Å². The number of nitrogen functional groups attached to an aromatic ring is 1. The molecule has 222 valence electrons. The van der Waals surface area contributed by atoms with E-state index in [9.17, 15) is 21.6 Å². The first-order valence-electron chi connectivity index (χ1n) is 12.4. The predicted octanol–water partition coefficient (Wildman–Crippen LogP) is 3.86. The number of anilines is 6. The van der Waals surface area contributed by atoms with Gasteiger partial charge in [-0.15, -0.1) is 0 Å². The van der Waals surface area contributed by atoms with Crippen molar-refractivity contribution in [2.24, 2.45) is 0 Å². The lowest BCUT2D eigenvalue weighted by atomic mass is 10.3. The van der Waals surface area contributed by atoms with Crippen LogP contribution in [-0.2, 0) is 9.84 Å². The molecule has 0 unspecified atom stereocenters. The Morgan fingerprint density at radius 2 is 1.85 bits per heavy atom. The molecule has 0 atom stereocenters. The Morgan fingerprint density at radius 1 is 1.12 bits per heavy atom. The summed E-state index contributed by atoms with van der Waals surface area (Å²) in [6.07, 6.45) is -0.896. The van der Waals surface area contributed by atoms with E-state index in [0.29, 0.717) is 25.9 Å². The van der Waals surface area contributed by atoms with Gasteiger partial charge in [0.15, 0.2) is 23.3 Å². The first-order valence-corrected chi connectivity index (χ1v) is 14.3. The van der Waals surface area contributed by atoms with E-state index in [1.165, 1.54) is 24.5 Å². The van der Waals surface area contributed by atoms with Crippen LogP contribution in [0, 0.1) is 0 Å². The average Bonchev–Trinajstić information content (AvgIpc) is 3.75. The molecule has 1 aliphatic carbocycles. The number of ether oxygens (including phenoxy) is 1. The molecule has 0 aliphatic heterocycles. The molecular weight excluding hydrogens is 587 g/mol. The lowest BCUT2D eigenvalue weighted by Gasteiger charge is -2.23. The number of hydrogen-bond donors (Lipinski definition) is 3. The molecule has 1 aliphatic rings. The number of nitrogens with one attached hydrogen (secondary N) is 2. The Balaban J connectivity index is 1.64. The molecule has 41 heavy (non-hydrogen) atoms. The number of nitrogens with zero attached hydrogens (tertiary/aromatic N) is 6. The zero-order chi connectivity index (χ0) is 29.9. The summed E-state index contributed by atoms with van der Waals surface area (Å²) in [6.45, 7) is -0.448. The highest BCUT2D eigenvalue weighted by atomic mass is 35.5. The molecule has 3 aromatic heterocycles. The molecule has 0 spiro atoms. The van der Waals surface area contributed by atoms with Gasteiger partial charge in [-0.05, 0) is 45.1 Å². The van der Waals surface area contributed by atoms with Gasteiger partial charge in [0.05, 0.1) is 22.8 Å². The summed E-state index contributed by atoms with van der Waals surface area (Å²) in [5.74, 6) is -0.210. The van der Waals surface area contributed by atoms with E-state index in [4.69, 9.17) is 22.1 Å². The van der Waals surface area contributed by atoms with Crippen LogP contribution in [0.4, 0.5) is 47.8 Å². The lowest BCUT2D eigenvalue weighted by Crippen LogP contribution is -2.30. The van der Waals surface area contributed by atoms with Crippen LogP contribution in [0.15, 0.2) is 35.6 Å². The molecule has 0 amide bonds. The third kappa shape index (κ3) is 7.77. The van der Waals surface area contributed by atoms with Crippen LogP contribution in [0.1, 0.15) is 12.8 Å². The maximum atomic E-state index is 13.0. The Kier molecular flexibility index (Phi) is 8.94. The highest BCUT2D eigenvalue weighted by Crippen LogP contribution is 2.37. The molecule has 3 heterocycles. The Morgan fingerprint density at radius 3 is 2.51 bits per heavy atom. The molecule has 0 radical (unpaired) electrons. The van der Waals surface area contributed by atoms with Crippen molar-refractivity contribution in [1.29, 1.82) is 0 Å². The Bertz CT molecular complexity index is 1510. The topological polar surface area (TPSA) is 151 Å². The largest absolute Gasteiger partial charge is 0.466 e. The maximum Gasteiger partial charge on any atom is 0.422 e. The molecule has 4 rings (SSSR count). The van der Waals surface area contributed by atoms with Gasteiger partial charge < -0.3 is 30.9 Å². The molecule has 0 saturated heterocycles. The van der Waals surface area contributed by atoms with E-state index >= 15 is 0 Å². The predicted molar refractivity (Wildman–Crippen MR) is 150 cm³/mol. The number of nitrogens with two attached hydrogens (primary N) is 1. The van der Waals surface area contributed by atoms with Gasteiger partial charge in [0.25, 0.3) is 0 Å². The monoisotopic (exact) mass is 615 g/mol. The number of rotatable bonds is 12. The fraction of sp³-hybridized carbons (Fsp3) is 0.417. The molecule has 3 aromatic rings. The summed E-state index contributed by atoms with van der Waals surface area (Å²) in [5, 5.41) is 5.08. The van der Waals surface area contributed by atoms with Crippen molar-refractivity contribution < 1.29 is 26.3 Å². The smallest absolute Gasteiger partial charge is 0.422 e. The zero-order valence-corrected chi connectivity index (χ0v) is 24.0. The minimum atomic E-state index is -4.62. The summed E-state index contributed by atoms with van der Waals surface area (Å²) in [4.78, 5) is 20.3. The van der Waals surface area contributed by atoms with E-state index in [1.807, 2.05) is 19.0 Å². The first kappa shape index (κ1) is 30.3. The van der Waals surface area contributed by atoms with Crippen LogP contribution < -0.4 is 26.0 Å². The van der Waals surface area contributed by atoms with E-state index in [-0.39, 0.29) is 50.6 Å². The van der Waals surface area contributed by atoms with E-state index < -0.39 is 27.9 Å². The number of alkyl halides is 3. The van der Waals surface area contributed by atoms with Crippen molar-refractivity contribution in [3.8, 4) is 5.88 Å². The van der Waals surface area contributed by atoms with Crippen LogP contribution >= 0.6 is 11.6 Å². The van der Waals surface area contributed by atoms with E-state index in [0.717, 1.165) is 0 Å². The summed E-state index contributed by atoms with van der Waals surface area (Å²) < 4.78 is 69.8. The quantitative estimate of drug-likeness (QED) is 0.271. The van der Waals surface area contributed by atoms with Gasteiger partial charge >= 0.3 is 6.18 Å². The van der Waals surface area contributed by atoms with Crippen LogP contribution in [-0.4, -0.2) is 85.5 Å². The van der Waals surface area contributed by atoms with Crippen molar-refractivity contribution in [2.45, 2.75) is 29.3 Å². The van der Waals surface area contributed by atoms with Gasteiger partial charge in [-0.25, -0.2) is 18.4 Å². The third-order valence-electron chi connectivity index (χ3n) is 5.86. The lowest BCUT2D eigenvalue weighted by molar-refractivity contribution is -0.153. The van der Waals surface area contributed by atoms with Crippen LogP contribution in [0.2, 0.25) is 5.02 Å². The second-order valence-electron chi connectivity index (χ2n) is 9.62. The van der Waals surface area contributed by atoms with Crippen molar-refractivity contribution in [2.75, 3.05) is 62.1 Å². The molecule has 12 nitrogen and oxygen atoms in total. The van der Waals surface area contributed by atoms with Crippen molar-refractivity contribution in [3.05, 3.63) is 35.6 Å². The number of pyridine rings is 2. The molecule has 4 N–H and O–H groups in total. The Hall–Kier alpha value is -3.63. The minimum Gasteiger partial charge on any atom is -0.466 e. The highest BCUT2D eigenvalue weighted by Gasteiger charge is 2.39. The highest BCUT2D eigenvalue weighted by molar-refractivity contribution is 7.92. The Labute approximate surface area is 240 Å².